The van der Waals surface area contributed by atoms with Gasteiger partial charge in [-0.15, -0.1) is 0 Å². The van der Waals surface area contributed by atoms with E-state index < -0.39 is 12.0 Å². The Morgan fingerprint density at radius 1 is 1.42 bits per heavy atom. The number of nitrogens with zero attached hydrogens (tertiary/aromatic N) is 2. The van der Waals surface area contributed by atoms with E-state index in [-0.39, 0.29) is 0 Å². The molecule has 0 aliphatic rings. The molecule has 0 aliphatic heterocycles. The first-order chi connectivity index (χ1) is 9.20. The van der Waals surface area contributed by atoms with E-state index in [0.717, 1.165) is 12.1 Å². The Kier molecular flexibility index (Phi) is 4.30. The molecule has 2 aromatic rings. The monoisotopic (exact) mass is 259 g/mol. The fourth-order valence-corrected chi connectivity index (χ4v) is 1.87. The lowest BCUT2D eigenvalue weighted by molar-refractivity contribution is -0.139. The van der Waals surface area contributed by atoms with Gasteiger partial charge in [0.05, 0.1) is 6.20 Å². The maximum absolute atomic E-state index is 11.3. The zero-order chi connectivity index (χ0) is 13.7. The van der Waals surface area contributed by atoms with E-state index in [1.54, 1.807) is 17.1 Å². The summed E-state index contributed by atoms with van der Waals surface area (Å²) in [5, 5.41) is 16.4. The van der Waals surface area contributed by atoms with Crippen LogP contribution in [0.1, 0.15) is 24.1 Å². The normalized spacial score (nSPS) is 12.3. The Labute approximate surface area is 111 Å². The minimum Gasteiger partial charge on any atom is -0.480 e. The average Bonchev–Trinajstić information content (AvgIpc) is 2.88. The molecule has 100 valence electrons. The summed E-state index contributed by atoms with van der Waals surface area (Å²) < 4.78 is 1.72. The molecule has 1 atom stereocenters. The molecular formula is C14H17N3O2. The third-order valence-electron chi connectivity index (χ3n) is 2.91. The van der Waals surface area contributed by atoms with Crippen molar-refractivity contribution in [2.24, 2.45) is 0 Å². The number of rotatable bonds is 6. The van der Waals surface area contributed by atoms with Gasteiger partial charge in [-0.3, -0.25) is 14.8 Å². The number of carboxylic acids is 1. The second kappa shape index (κ2) is 6.15. The number of aromatic nitrogens is 2. The third kappa shape index (κ3) is 3.42. The number of benzene rings is 1. The number of carboxylic acid groups (broad SMARTS) is 1. The number of hydrogen-bond donors (Lipinski definition) is 2. The van der Waals surface area contributed by atoms with Crippen LogP contribution in [0.25, 0.3) is 0 Å². The van der Waals surface area contributed by atoms with Crippen LogP contribution in [0.15, 0.2) is 42.7 Å². The molecule has 0 aliphatic carbocycles. The van der Waals surface area contributed by atoms with Gasteiger partial charge in [0.1, 0.15) is 6.04 Å². The maximum Gasteiger partial charge on any atom is 0.325 e. The molecule has 1 aromatic carbocycles. The smallest absolute Gasteiger partial charge is 0.325 e. The van der Waals surface area contributed by atoms with Gasteiger partial charge in [-0.05, 0) is 12.5 Å². The summed E-state index contributed by atoms with van der Waals surface area (Å²) >= 11 is 0. The predicted octanol–water partition coefficient (Wildman–Crippen LogP) is 1.82. The highest BCUT2D eigenvalue weighted by atomic mass is 16.4. The van der Waals surface area contributed by atoms with E-state index >= 15 is 0 Å². The minimum atomic E-state index is -0.897. The number of aliphatic carboxylic acids is 1. The standard InChI is InChI=1S/C14H17N3O2/c1-2-17-10-12(9-16-17)13(14(18)19)15-8-11-6-4-3-5-7-11/h3-7,9-10,13,15H,2,8H2,1H3,(H,18,19). The number of aryl methyl sites for hydroxylation is 1. The van der Waals surface area contributed by atoms with Gasteiger partial charge < -0.3 is 5.11 Å². The lowest BCUT2D eigenvalue weighted by atomic mass is 10.1. The van der Waals surface area contributed by atoms with Gasteiger partial charge in [0.25, 0.3) is 0 Å². The fourth-order valence-electron chi connectivity index (χ4n) is 1.87. The minimum absolute atomic E-state index is 0.509. The predicted molar refractivity (Wildman–Crippen MR) is 71.6 cm³/mol. The first-order valence-corrected chi connectivity index (χ1v) is 6.23. The van der Waals surface area contributed by atoms with Crippen molar-refractivity contribution < 1.29 is 9.90 Å². The van der Waals surface area contributed by atoms with E-state index in [4.69, 9.17) is 0 Å². The average molecular weight is 259 g/mol. The molecule has 0 bridgehead atoms. The molecule has 1 unspecified atom stereocenters. The van der Waals surface area contributed by atoms with Crippen LogP contribution in [0, 0.1) is 0 Å². The van der Waals surface area contributed by atoms with Crippen LogP contribution in [0.4, 0.5) is 0 Å². The highest BCUT2D eigenvalue weighted by Crippen LogP contribution is 2.13. The summed E-state index contributed by atoms with van der Waals surface area (Å²) in [7, 11) is 0. The summed E-state index contributed by atoms with van der Waals surface area (Å²) in [6.07, 6.45) is 3.36. The van der Waals surface area contributed by atoms with E-state index in [1.165, 1.54) is 0 Å². The van der Waals surface area contributed by atoms with Gasteiger partial charge in [-0.1, -0.05) is 30.3 Å². The zero-order valence-corrected chi connectivity index (χ0v) is 10.8. The summed E-state index contributed by atoms with van der Waals surface area (Å²) in [6, 6.07) is 8.98. The van der Waals surface area contributed by atoms with Crippen LogP contribution in [0.5, 0.6) is 0 Å². The summed E-state index contributed by atoms with van der Waals surface area (Å²) in [5.74, 6) is -0.897. The first kappa shape index (κ1) is 13.3. The highest BCUT2D eigenvalue weighted by Gasteiger charge is 2.20. The van der Waals surface area contributed by atoms with Gasteiger partial charge in [0.15, 0.2) is 0 Å². The van der Waals surface area contributed by atoms with E-state index in [2.05, 4.69) is 10.4 Å². The van der Waals surface area contributed by atoms with Crippen molar-refractivity contribution in [3.8, 4) is 0 Å². The molecule has 0 fully saturated rings. The molecule has 2 N–H and O–H groups in total. The molecule has 1 aromatic heterocycles. The largest absolute Gasteiger partial charge is 0.480 e. The quantitative estimate of drug-likeness (QED) is 0.830. The molecule has 0 radical (unpaired) electrons. The van der Waals surface area contributed by atoms with Crippen LogP contribution in [0.2, 0.25) is 0 Å². The van der Waals surface area contributed by atoms with Gasteiger partial charge >= 0.3 is 5.97 Å². The van der Waals surface area contributed by atoms with E-state index in [0.29, 0.717) is 12.1 Å². The van der Waals surface area contributed by atoms with Crippen LogP contribution in [-0.4, -0.2) is 20.9 Å². The molecule has 2 rings (SSSR count). The number of hydrogen-bond acceptors (Lipinski definition) is 3. The van der Waals surface area contributed by atoms with Crippen molar-refractivity contribution in [3.05, 3.63) is 53.9 Å². The molecular weight excluding hydrogens is 242 g/mol. The molecule has 19 heavy (non-hydrogen) atoms. The zero-order valence-electron chi connectivity index (χ0n) is 10.8. The Morgan fingerprint density at radius 2 is 2.16 bits per heavy atom. The lowest BCUT2D eigenvalue weighted by Crippen LogP contribution is -2.27. The molecule has 1 heterocycles. The number of carbonyl (C=O) groups is 1. The maximum atomic E-state index is 11.3. The second-order valence-corrected chi connectivity index (χ2v) is 4.27. The molecule has 0 saturated carbocycles. The van der Waals surface area contributed by atoms with Crippen molar-refractivity contribution in [2.75, 3.05) is 0 Å². The fraction of sp³-hybridized carbons (Fsp3) is 0.286. The molecule has 0 saturated heterocycles. The Bertz CT molecular complexity index is 537. The Morgan fingerprint density at radius 3 is 2.74 bits per heavy atom. The number of nitrogens with one attached hydrogen (secondary N) is 1. The van der Waals surface area contributed by atoms with Crippen LogP contribution >= 0.6 is 0 Å². The van der Waals surface area contributed by atoms with E-state index in [9.17, 15) is 9.90 Å². The van der Waals surface area contributed by atoms with Crippen LogP contribution < -0.4 is 5.32 Å². The Hall–Kier alpha value is -2.14. The third-order valence-corrected chi connectivity index (χ3v) is 2.91. The van der Waals surface area contributed by atoms with Gasteiger partial charge in [0.2, 0.25) is 0 Å². The Balaban J connectivity index is 2.06. The van der Waals surface area contributed by atoms with Crippen LogP contribution in [0.3, 0.4) is 0 Å². The summed E-state index contributed by atoms with van der Waals surface area (Å²) in [4.78, 5) is 11.3. The van der Waals surface area contributed by atoms with Crippen molar-refractivity contribution in [1.82, 2.24) is 15.1 Å². The topological polar surface area (TPSA) is 67.2 Å². The molecule has 5 heteroatoms. The SMILES string of the molecule is CCn1cc(C(NCc2ccccc2)C(=O)O)cn1. The van der Waals surface area contributed by atoms with E-state index in [1.807, 2.05) is 37.3 Å². The van der Waals surface area contributed by atoms with Gasteiger partial charge in [-0.2, -0.15) is 5.10 Å². The van der Waals surface area contributed by atoms with Crippen molar-refractivity contribution in [3.63, 3.8) is 0 Å². The second-order valence-electron chi connectivity index (χ2n) is 4.27. The first-order valence-electron chi connectivity index (χ1n) is 6.23. The van der Waals surface area contributed by atoms with Crippen molar-refractivity contribution >= 4 is 5.97 Å². The van der Waals surface area contributed by atoms with Crippen molar-refractivity contribution in [1.29, 1.82) is 0 Å². The lowest BCUT2D eigenvalue weighted by Gasteiger charge is -2.12. The van der Waals surface area contributed by atoms with Gasteiger partial charge in [0, 0.05) is 24.8 Å². The van der Waals surface area contributed by atoms with Gasteiger partial charge in [-0.25, -0.2) is 0 Å². The summed E-state index contributed by atoms with van der Waals surface area (Å²) in [5.41, 5.74) is 1.72. The van der Waals surface area contributed by atoms with Crippen molar-refractivity contribution in [2.45, 2.75) is 26.1 Å². The van der Waals surface area contributed by atoms with Crippen LogP contribution in [-0.2, 0) is 17.9 Å². The molecule has 0 spiro atoms. The highest BCUT2D eigenvalue weighted by molar-refractivity contribution is 5.75. The molecule has 5 nitrogen and oxygen atoms in total. The summed E-state index contributed by atoms with van der Waals surface area (Å²) in [6.45, 7) is 3.20. The molecule has 0 amide bonds.